The lowest BCUT2D eigenvalue weighted by Crippen LogP contribution is -2.48. The topological polar surface area (TPSA) is 62.6 Å². The number of rotatable bonds is 6. The van der Waals surface area contributed by atoms with Crippen LogP contribution >= 0.6 is 11.8 Å². The van der Waals surface area contributed by atoms with Gasteiger partial charge in [0.2, 0.25) is 5.91 Å². The van der Waals surface area contributed by atoms with Crippen LogP contribution in [0.5, 0.6) is 0 Å². The summed E-state index contributed by atoms with van der Waals surface area (Å²) in [4.78, 5) is 27.4. The van der Waals surface area contributed by atoms with Crippen molar-refractivity contribution in [3.8, 4) is 0 Å². The lowest BCUT2D eigenvalue weighted by Gasteiger charge is -2.28. The Bertz CT molecular complexity index is 703. The van der Waals surface area contributed by atoms with Crippen LogP contribution in [0.25, 0.3) is 0 Å². The van der Waals surface area contributed by atoms with Crippen LogP contribution in [0.2, 0.25) is 0 Å². The molecule has 2 heterocycles. The average Bonchev–Trinajstić information content (AvgIpc) is 3.31. The summed E-state index contributed by atoms with van der Waals surface area (Å²) in [5.74, 6) is 0.357. The summed E-state index contributed by atoms with van der Waals surface area (Å²) in [6.07, 6.45) is 5.18. The minimum atomic E-state index is -0.477. The first kappa shape index (κ1) is 17.6. The predicted octanol–water partition coefficient (Wildman–Crippen LogP) is 3.45. The Labute approximate surface area is 151 Å². The number of nitrogens with zero attached hydrogens (tertiary/aromatic N) is 1. The number of nitrogens with one attached hydrogen (secondary N) is 1. The van der Waals surface area contributed by atoms with E-state index in [0.717, 1.165) is 18.4 Å². The van der Waals surface area contributed by atoms with Gasteiger partial charge in [0.15, 0.2) is 0 Å². The molecule has 1 aliphatic heterocycles. The van der Waals surface area contributed by atoms with Crippen molar-refractivity contribution in [2.75, 3.05) is 12.3 Å². The molecule has 1 aromatic carbocycles. The lowest BCUT2D eigenvalue weighted by atomic mass is 10.1. The van der Waals surface area contributed by atoms with Crippen LogP contribution in [0.15, 0.2) is 53.3 Å². The lowest BCUT2D eigenvalue weighted by molar-refractivity contribution is -0.124. The monoisotopic (exact) mass is 358 g/mol. The van der Waals surface area contributed by atoms with E-state index in [4.69, 9.17) is 4.42 Å². The zero-order valence-electron chi connectivity index (χ0n) is 14.2. The highest BCUT2D eigenvalue weighted by Gasteiger charge is 2.42. The molecule has 25 heavy (non-hydrogen) atoms. The molecule has 1 fully saturated rings. The molecule has 2 atom stereocenters. The van der Waals surface area contributed by atoms with Crippen molar-refractivity contribution < 1.29 is 14.0 Å². The molecule has 0 spiro atoms. The maximum Gasteiger partial charge on any atom is 0.255 e. The van der Waals surface area contributed by atoms with Gasteiger partial charge in [0, 0.05) is 23.4 Å². The van der Waals surface area contributed by atoms with Gasteiger partial charge in [-0.25, -0.2) is 0 Å². The molecule has 1 N–H and O–H groups in total. The van der Waals surface area contributed by atoms with Gasteiger partial charge < -0.3 is 14.6 Å². The van der Waals surface area contributed by atoms with Crippen LogP contribution < -0.4 is 5.32 Å². The highest BCUT2D eigenvalue weighted by molar-refractivity contribution is 7.99. The maximum atomic E-state index is 13.1. The van der Waals surface area contributed by atoms with E-state index in [1.54, 1.807) is 41.3 Å². The van der Waals surface area contributed by atoms with Crippen LogP contribution in [0.3, 0.4) is 0 Å². The molecule has 132 valence electrons. The molecule has 0 radical (unpaired) electrons. The van der Waals surface area contributed by atoms with Crippen LogP contribution in [-0.4, -0.2) is 35.1 Å². The summed E-state index contributed by atoms with van der Waals surface area (Å²) in [7, 11) is 0. The van der Waals surface area contributed by atoms with Crippen molar-refractivity contribution in [1.29, 1.82) is 0 Å². The number of hydrogen-bond acceptors (Lipinski definition) is 4. The molecular formula is C19H22N2O3S. The van der Waals surface area contributed by atoms with Gasteiger partial charge in [0.25, 0.3) is 5.91 Å². The largest absolute Gasteiger partial charge is 0.472 e. The number of carbonyl (C=O) groups excluding carboxylic acids is 2. The van der Waals surface area contributed by atoms with Gasteiger partial charge in [0.1, 0.15) is 11.4 Å². The maximum absolute atomic E-state index is 13.1. The predicted molar refractivity (Wildman–Crippen MR) is 98.2 cm³/mol. The number of benzene rings is 1. The zero-order valence-corrected chi connectivity index (χ0v) is 15.0. The fourth-order valence-corrected chi connectivity index (χ4v) is 4.27. The SMILES string of the molecule is CCCCNC(=O)C1CSC(c2ccoc2)N1C(=O)c1ccccc1. The standard InChI is InChI=1S/C19H22N2O3S/c1-2-3-10-20-17(22)16-13-25-19(15-9-11-24-12-15)21(16)18(23)14-7-5-4-6-8-14/h4-9,11-12,16,19H,2-3,10,13H2,1H3,(H,20,22). The second-order valence-electron chi connectivity index (χ2n) is 5.98. The normalized spacial score (nSPS) is 19.8. The molecule has 5 nitrogen and oxygen atoms in total. The van der Waals surface area contributed by atoms with E-state index in [1.807, 2.05) is 24.3 Å². The van der Waals surface area contributed by atoms with Crippen LogP contribution in [0.4, 0.5) is 0 Å². The third-order valence-corrected chi connectivity index (χ3v) is 5.54. The molecule has 0 bridgehead atoms. The first-order valence-electron chi connectivity index (χ1n) is 8.51. The van der Waals surface area contributed by atoms with Gasteiger partial charge >= 0.3 is 0 Å². The Morgan fingerprint density at radius 2 is 2.08 bits per heavy atom. The van der Waals surface area contributed by atoms with Gasteiger partial charge in [-0.3, -0.25) is 9.59 Å². The van der Waals surface area contributed by atoms with Crippen molar-refractivity contribution in [2.45, 2.75) is 31.2 Å². The Morgan fingerprint density at radius 1 is 1.28 bits per heavy atom. The quantitative estimate of drug-likeness (QED) is 0.804. The summed E-state index contributed by atoms with van der Waals surface area (Å²) >= 11 is 1.59. The van der Waals surface area contributed by atoms with E-state index in [1.165, 1.54) is 0 Å². The molecule has 0 saturated carbocycles. The van der Waals surface area contributed by atoms with E-state index in [2.05, 4.69) is 12.2 Å². The molecule has 1 aliphatic rings. The Morgan fingerprint density at radius 3 is 2.76 bits per heavy atom. The first-order valence-corrected chi connectivity index (χ1v) is 9.56. The van der Waals surface area contributed by atoms with Crippen LogP contribution in [0, 0.1) is 0 Å². The highest BCUT2D eigenvalue weighted by atomic mass is 32.2. The van der Waals surface area contributed by atoms with E-state index in [9.17, 15) is 9.59 Å². The van der Waals surface area contributed by atoms with Crippen LogP contribution in [0.1, 0.15) is 41.1 Å². The number of thioether (sulfide) groups is 1. The van der Waals surface area contributed by atoms with Crippen LogP contribution in [-0.2, 0) is 4.79 Å². The Hall–Kier alpha value is -2.21. The Balaban J connectivity index is 1.84. The minimum Gasteiger partial charge on any atom is -0.472 e. The third-order valence-electron chi connectivity index (χ3n) is 4.22. The second-order valence-corrected chi connectivity index (χ2v) is 7.09. The number of hydrogen-bond donors (Lipinski definition) is 1. The summed E-state index contributed by atoms with van der Waals surface area (Å²) in [5, 5.41) is 2.74. The molecule has 2 aromatic rings. The zero-order chi connectivity index (χ0) is 17.6. The van der Waals surface area contributed by atoms with E-state index < -0.39 is 6.04 Å². The van der Waals surface area contributed by atoms with Crippen molar-refractivity contribution in [3.63, 3.8) is 0 Å². The van der Waals surface area contributed by atoms with Crippen molar-refractivity contribution >= 4 is 23.6 Å². The molecule has 2 unspecified atom stereocenters. The van der Waals surface area contributed by atoms with Gasteiger partial charge in [-0.1, -0.05) is 31.5 Å². The molecule has 2 amide bonds. The number of amides is 2. The van der Waals surface area contributed by atoms with Gasteiger partial charge in [-0.05, 0) is 24.6 Å². The first-order chi connectivity index (χ1) is 12.2. The summed E-state index contributed by atoms with van der Waals surface area (Å²) in [6.45, 7) is 2.72. The summed E-state index contributed by atoms with van der Waals surface area (Å²) in [5.41, 5.74) is 1.49. The molecule has 3 rings (SSSR count). The molecule has 6 heteroatoms. The molecule has 0 aliphatic carbocycles. The van der Waals surface area contributed by atoms with E-state index in [-0.39, 0.29) is 17.2 Å². The molecule has 1 aromatic heterocycles. The van der Waals surface area contributed by atoms with Crippen molar-refractivity contribution in [3.05, 3.63) is 60.1 Å². The smallest absolute Gasteiger partial charge is 0.255 e. The highest BCUT2D eigenvalue weighted by Crippen LogP contribution is 2.42. The molecule has 1 saturated heterocycles. The number of carbonyl (C=O) groups is 2. The summed E-state index contributed by atoms with van der Waals surface area (Å²) in [6, 6.07) is 10.5. The average molecular weight is 358 g/mol. The van der Waals surface area contributed by atoms with Crippen molar-refractivity contribution in [1.82, 2.24) is 10.2 Å². The minimum absolute atomic E-state index is 0.0868. The summed E-state index contributed by atoms with van der Waals surface area (Å²) < 4.78 is 5.18. The number of unbranched alkanes of at least 4 members (excludes halogenated alkanes) is 1. The number of furan rings is 1. The third kappa shape index (κ3) is 3.90. The fourth-order valence-electron chi connectivity index (χ4n) is 2.86. The van der Waals surface area contributed by atoms with Gasteiger partial charge in [-0.2, -0.15) is 0 Å². The second kappa shape index (κ2) is 8.25. The van der Waals surface area contributed by atoms with E-state index >= 15 is 0 Å². The van der Waals surface area contributed by atoms with E-state index in [0.29, 0.717) is 17.9 Å². The van der Waals surface area contributed by atoms with Gasteiger partial charge in [-0.15, -0.1) is 11.8 Å². The van der Waals surface area contributed by atoms with Crippen molar-refractivity contribution in [2.24, 2.45) is 0 Å². The fraction of sp³-hybridized carbons (Fsp3) is 0.368. The van der Waals surface area contributed by atoms with Gasteiger partial charge in [0.05, 0.1) is 12.5 Å². The molecular weight excluding hydrogens is 336 g/mol. The Kier molecular flexibility index (Phi) is 5.81.